The highest BCUT2D eigenvalue weighted by Gasteiger charge is 2.63. The summed E-state index contributed by atoms with van der Waals surface area (Å²) in [5.74, 6) is -11.7. The van der Waals surface area contributed by atoms with E-state index in [0.29, 0.717) is 25.7 Å². The third kappa shape index (κ3) is 32.9. The van der Waals surface area contributed by atoms with Crippen LogP contribution in [0.2, 0.25) is 0 Å². The first kappa shape index (κ1) is 93.6. The Bertz CT molecular complexity index is 2410. The van der Waals surface area contributed by atoms with Gasteiger partial charge in [0.05, 0.1) is 43.5 Å². The van der Waals surface area contributed by atoms with Gasteiger partial charge in [-0.3, -0.25) is 19.2 Å². The first-order valence-electron chi connectivity index (χ1n) is 21.5. The molecule has 494 valence electrons. The minimum Gasteiger partial charge on any atom is -0.743 e. The number of hydrogen-bond donors (Lipinski definition) is 0. The predicted octanol–water partition coefficient (Wildman–Crippen LogP) is 5.38. The van der Waals surface area contributed by atoms with Crippen molar-refractivity contribution in [2.24, 2.45) is 23.7 Å². The van der Waals surface area contributed by atoms with Gasteiger partial charge < -0.3 is 56.1 Å². The topological polar surface area (TPSA) is 422 Å². The molecule has 0 N–H and O–H groups in total. The van der Waals surface area contributed by atoms with Crippen LogP contribution in [0.5, 0.6) is 0 Å². The van der Waals surface area contributed by atoms with Crippen LogP contribution in [0.25, 0.3) is 0 Å². The second-order valence-electron chi connectivity index (χ2n) is 15.0. The Morgan fingerprint density at radius 1 is 0.366 bits per heavy atom. The molecule has 0 fully saturated rings. The van der Waals surface area contributed by atoms with Crippen molar-refractivity contribution >= 4 is 82.3 Å². The van der Waals surface area contributed by atoms with Crippen molar-refractivity contribution in [1.82, 2.24) is 0 Å². The van der Waals surface area contributed by atoms with E-state index < -0.39 is 167 Å². The number of alkyl halides is 10. The predicted molar refractivity (Wildman–Crippen MR) is 255 cm³/mol. The van der Waals surface area contributed by atoms with Crippen molar-refractivity contribution < 1.29 is 167 Å². The van der Waals surface area contributed by atoms with E-state index in [1.165, 1.54) is 13.8 Å². The van der Waals surface area contributed by atoms with E-state index in [2.05, 4.69) is 33.2 Å². The van der Waals surface area contributed by atoms with E-state index >= 15 is 0 Å². The van der Waals surface area contributed by atoms with Crippen molar-refractivity contribution in [2.75, 3.05) is 46.4 Å². The Hall–Kier alpha value is -4.81. The normalized spacial score (nSPS) is 13.3. The Balaban J connectivity index is -0.000000146. The monoisotopic (exact) mass is 1310 g/mol. The third-order valence-corrected chi connectivity index (χ3v) is 12.2. The molecule has 0 aliphatic heterocycles. The minimum absolute atomic E-state index is 0. The van der Waals surface area contributed by atoms with Crippen LogP contribution in [-0.2, 0) is 112 Å². The molecule has 82 heavy (non-hydrogen) atoms. The van der Waals surface area contributed by atoms with Crippen LogP contribution in [0.15, 0.2) is 0 Å². The second-order valence-corrected chi connectivity index (χ2v) is 20.7. The maximum Gasteiger partial charge on any atom is 0.433 e. The maximum atomic E-state index is 12.8. The molecule has 0 bridgehead atoms. The number of carbonyl (C=O) groups is 7. The molecule has 0 saturated carbocycles. The Kier molecular flexibility index (Phi) is 46.2. The summed E-state index contributed by atoms with van der Waals surface area (Å²) in [4.78, 5) is 76.5. The summed E-state index contributed by atoms with van der Waals surface area (Å²) >= 11 is 0. The summed E-state index contributed by atoms with van der Waals surface area (Å²) in [5.41, 5.74) is 0. The van der Waals surface area contributed by atoms with Crippen LogP contribution in [0.1, 0.15) is 124 Å². The lowest BCUT2D eigenvalue weighted by Crippen LogP contribution is -2.49. The lowest BCUT2D eigenvalue weighted by molar-refractivity contribution is -0.320. The summed E-state index contributed by atoms with van der Waals surface area (Å²) in [6.45, 7) is 8.19. The number of hydrogen-bond acceptors (Lipinski definition) is 27. The highest BCUT2D eigenvalue weighted by Crippen LogP contribution is 2.39. The lowest BCUT2D eigenvalue weighted by atomic mass is 10.1. The van der Waals surface area contributed by atoms with Gasteiger partial charge in [-0.2, -0.15) is 43.9 Å². The SMILES string of the molecule is C.C.C.C.CCC(C)C(=O)OCCCCOC(=O)C(F)(F)S(=O)(=O)[O-].CCC(C)C(=O)OCCOC(=O)C(F)(F)S(=O)(=O)[O-].CCC(C)C(=O)OCCOC(F)(F)C(F)(F)S(=O)(=O)[O-].CCC(C)C(=O)OCOC(=O)C(F)(F)S(=O)(=O)[O-]. The van der Waals surface area contributed by atoms with Gasteiger partial charge in [0.25, 0.3) is 0 Å². The van der Waals surface area contributed by atoms with Crippen LogP contribution in [0.4, 0.5) is 43.9 Å². The highest BCUT2D eigenvalue weighted by atomic mass is 32.2. The summed E-state index contributed by atoms with van der Waals surface area (Å²) in [7, 11) is -25.0. The summed E-state index contributed by atoms with van der Waals surface area (Å²) < 4.78 is 280. The summed E-state index contributed by atoms with van der Waals surface area (Å²) in [5, 5.41) is -21.4. The molecule has 0 saturated heterocycles. The summed E-state index contributed by atoms with van der Waals surface area (Å²) in [6.07, 6.45) is -3.24. The molecule has 0 rings (SSSR count). The van der Waals surface area contributed by atoms with Gasteiger partial charge in [-0.05, 0) is 38.5 Å². The zero-order valence-corrected chi connectivity index (χ0v) is 45.2. The Labute approximate surface area is 469 Å². The maximum absolute atomic E-state index is 12.8. The number of rotatable bonds is 30. The standard InChI is InChI=1S/C11H18F2O7S.C9H14F4O6S.C9H14F2O7S.C8H12F2O7S.4CH4/c1-3-8(2)9(14)19-6-4-5-7-20-10(15)11(12,13)21(16,17)18;1-3-6(2)7(14)18-4-5-19-8(10,11)9(12,13)20(15,16)17;1-3-6(2)7(12)17-4-5-18-8(13)9(10,11)19(14,15)16;1-3-5(2)6(11)16-4-17-7(12)8(9,10)18(13,14)15;;;;/h8H,3-7H2,1-2H3,(H,16,17,18);6H,3-5H2,1-2H3,(H,15,16,17);6H,3-5H2,1-2H3,(H,14,15,16);5H,3-4H2,1-2H3,(H,13,14,15);4*1H4/p-4. The molecular weight excluding hydrogens is 1240 g/mol. The van der Waals surface area contributed by atoms with E-state index in [9.17, 15) is 129 Å². The van der Waals surface area contributed by atoms with Crippen molar-refractivity contribution in [1.29, 1.82) is 0 Å². The quantitative estimate of drug-likeness (QED) is 0.0218. The first-order valence-corrected chi connectivity index (χ1v) is 27.1. The van der Waals surface area contributed by atoms with E-state index in [1.807, 2.05) is 6.92 Å². The van der Waals surface area contributed by atoms with Gasteiger partial charge in [0.2, 0.25) is 6.79 Å². The minimum atomic E-state index is -6.60. The number of ether oxygens (including phenoxy) is 8. The van der Waals surface area contributed by atoms with Gasteiger partial charge in [0.1, 0.15) is 19.8 Å². The zero-order chi connectivity index (χ0) is 62.7. The van der Waals surface area contributed by atoms with Crippen LogP contribution in [-0.4, -0.2) is 167 Å². The fraction of sp³-hybridized carbons (Fsp3) is 0.829. The van der Waals surface area contributed by atoms with Gasteiger partial charge >= 0.3 is 68.9 Å². The van der Waals surface area contributed by atoms with Gasteiger partial charge in [-0.15, -0.1) is 0 Å². The Morgan fingerprint density at radius 3 is 0.878 bits per heavy atom. The van der Waals surface area contributed by atoms with Crippen LogP contribution in [0.3, 0.4) is 0 Å². The van der Waals surface area contributed by atoms with Gasteiger partial charge in [-0.25, -0.2) is 48.1 Å². The molecule has 0 amide bonds. The smallest absolute Gasteiger partial charge is 0.433 e. The first-order chi connectivity index (χ1) is 35.0. The van der Waals surface area contributed by atoms with E-state index in [-0.39, 0.29) is 55.1 Å². The second kappa shape index (κ2) is 40.5. The Morgan fingerprint density at radius 2 is 0.598 bits per heavy atom. The molecule has 27 nitrogen and oxygen atoms in total. The van der Waals surface area contributed by atoms with E-state index in [0.717, 1.165) is 0 Å². The number of carbonyl (C=O) groups excluding carboxylic acids is 7. The third-order valence-electron chi connectivity index (χ3n) is 8.95. The van der Waals surface area contributed by atoms with Crippen LogP contribution < -0.4 is 0 Å². The van der Waals surface area contributed by atoms with Crippen molar-refractivity contribution in [3.05, 3.63) is 0 Å². The molecular formula is C41H70F10O27S4-4. The highest BCUT2D eigenvalue weighted by molar-refractivity contribution is 7.88. The fourth-order valence-corrected chi connectivity index (χ4v) is 4.43. The average molecular weight is 1310 g/mol. The molecule has 0 aliphatic carbocycles. The van der Waals surface area contributed by atoms with Gasteiger partial charge in [0, 0.05) is 0 Å². The molecule has 0 aliphatic rings. The number of unbranched alkanes of at least 4 members (excludes halogenated alkanes) is 1. The molecule has 0 aromatic heterocycles. The van der Waals surface area contributed by atoms with Gasteiger partial charge in [0.15, 0.2) is 40.5 Å². The number of esters is 7. The molecule has 41 heteroatoms. The zero-order valence-electron chi connectivity index (χ0n) is 41.9. The fourth-order valence-electron chi connectivity index (χ4n) is 3.30. The van der Waals surface area contributed by atoms with Crippen molar-refractivity contribution in [3.63, 3.8) is 0 Å². The molecule has 4 atom stereocenters. The molecule has 0 heterocycles. The van der Waals surface area contributed by atoms with Crippen LogP contribution >= 0.6 is 0 Å². The molecule has 0 radical (unpaired) electrons. The van der Waals surface area contributed by atoms with Gasteiger partial charge in [-0.1, -0.05) is 85.1 Å². The average Bonchev–Trinajstić information content (AvgIpc) is 3.32. The van der Waals surface area contributed by atoms with Crippen LogP contribution in [0, 0.1) is 23.7 Å². The molecule has 0 aromatic rings. The number of halogens is 10. The summed E-state index contributed by atoms with van der Waals surface area (Å²) in [6, 6.07) is 0. The molecule has 0 aromatic carbocycles. The van der Waals surface area contributed by atoms with E-state index in [4.69, 9.17) is 4.74 Å². The van der Waals surface area contributed by atoms with Crippen molar-refractivity contribution in [3.8, 4) is 0 Å². The molecule has 0 spiro atoms. The van der Waals surface area contributed by atoms with E-state index in [1.54, 1.807) is 34.6 Å². The largest absolute Gasteiger partial charge is 0.743 e. The van der Waals surface area contributed by atoms with Crippen molar-refractivity contribution in [2.45, 2.75) is 151 Å². The lowest BCUT2D eigenvalue weighted by Gasteiger charge is -2.27. The molecule has 4 unspecified atom stereocenters.